The van der Waals surface area contributed by atoms with E-state index in [2.05, 4.69) is 23.4 Å². The highest BCUT2D eigenvalue weighted by molar-refractivity contribution is 5.87. The van der Waals surface area contributed by atoms with E-state index in [0.717, 1.165) is 56.7 Å². The molecule has 0 atom stereocenters. The molecule has 23 heavy (non-hydrogen) atoms. The largest absolute Gasteiger partial charge is 0.396 e. The first kappa shape index (κ1) is 21.6. The molecule has 0 saturated carbocycles. The molecule has 0 saturated heterocycles. The van der Waals surface area contributed by atoms with Crippen LogP contribution in [0.2, 0.25) is 0 Å². The summed E-state index contributed by atoms with van der Waals surface area (Å²) in [6.07, 6.45) is 5.69. The van der Waals surface area contributed by atoms with Gasteiger partial charge >= 0.3 is 0 Å². The Hall–Kier alpha value is -1.36. The molecule has 0 aliphatic heterocycles. The normalized spacial score (nSPS) is 11.4. The highest BCUT2D eigenvalue weighted by atomic mass is 16.2. The zero-order valence-corrected chi connectivity index (χ0v) is 15.5. The second kappa shape index (κ2) is 13.1. The molecular formula is C18H35N3O2. The van der Waals surface area contributed by atoms with E-state index in [0.29, 0.717) is 12.8 Å². The fourth-order valence-electron chi connectivity index (χ4n) is 2.23. The second-order valence-corrected chi connectivity index (χ2v) is 5.97. The summed E-state index contributed by atoms with van der Waals surface area (Å²) in [5.74, 6) is 1.09. The van der Waals surface area contributed by atoms with Crippen LogP contribution in [-0.2, 0) is 4.79 Å². The summed E-state index contributed by atoms with van der Waals surface area (Å²) in [7, 11) is 3.87. The molecule has 5 heteroatoms. The van der Waals surface area contributed by atoms with E-state index in [-0.39, 0.29) is 12.5 Å². The minimum atomic E-state index is 0.147. The lowest BCUT2D eigenvalue weighted by Crippen LogP contribution is -2.31. The van der Waals surface area contributed by atoms with Gasteiger partial charge in [-0.3, -0.25) is 4.79 Å². The molecule has 0 rings (SSSR count). The lowest BCUT2D eigenvalue weighted by atomic mass is 10.2. The van der Waals surface area contributed by atoms with Crippen LogP contribution in [0.1, 0.15) is 58.8 Å². The summed E-state index contributed by atoms with van der Waals surface area (Å²) in [5, 5.41) is 8.77. The number of amidine groups is 1. The van der Waals surface area contributed by atoms with Crippen molar-refractivity contribution in [1.29, 1.82) is 0 Å². The molecule has 0 aromatic rings. The minimum absolute atomic E-state index is 0.147. The SMILES string of the molecule is C=C(CC)N=C(CCC(=O)N(C)CCCCCO)N(C)CCC. The Labute approximate surface area is 142 Å². The third kappa shape index (κ3) is 10.1. The van der Waals surface area contributed by atoms with Crippen molar-refractivity contribution in [2.75, 3.05) is 33.8 Å². The number of hydrogen-bond donors (Lipinski definition) is 1. The van der Waals surface area contributed by atoms with Crippen LogP contribution in [0.4, 0.5) is 0 Å². The average Bonchev–Trinajstić information content (AvgIpc) is 2.54. The number of nitrogens with zero attached hydrogens (tertiary/aromatic N) is 3. The number of rotatable bonds is 12. The molecule has 1 amide bonds. The van der Waals surface area contributed by atoms with Gasteiger partial charge in [0.2, 0.25) is 5.91 Å². The smallest absolute Gasteiger partial charge is 0.222 e. The van der Waals surface area contributed by atoms with Gasteiger partial charge in [0.15, 0.2) is 0 Å². The van der Waals surface area contributed by atoms with Crippen molar-refractivity contribution in [2.24, 2.45) is 4.99 Å². The monoisotopic (exact) mass is 325 g/mol. The van der Waals surface area contributed by atoms with Crippen LogP contribution >= 0.6 is 0 Å². The Morgan fingerprint density at radius 1 is 1.04 bits per heavy atom. The van der Waals surface area contributed by atoms with Crippen LogP contribution < -0.4 is 0 Å². The molecule has 5 nitrogen and oxygen atoms in total. The van der Waals surface area contributed by atoms with Crippen molar-refractivity contribution >= 4 is 11.7 Å². The summed E-state index contributed by atoms with van der Waals surface area (Å²) in [5.41, 5.74) is 0.854. The van der Waals surface area contributed by atoms with Gasteiger partial charge in [0.25, 0.3) is 0 Å². The van der Waals surface area contributed by atoms with Gasteiger partial charge in [-0.15, -0.1) is 0 Å². The Morgan fingerprint density at radius 2 is 1.74 bits per heavy atom. The van der Waals surface area contributed by atoms with E-state index in [1.807, 2.05) is 21.0 Å². The molecule has 0 unspecified atom stereocenters. The fourth-order valence-corrected chi connectivity index (χ4v) is 2.23. The van der Waals surface area contributed by atoms with Crippen LogP contribution in [0.3, 0.4) is 0 Å². The van der Waals surface area contributed by atoms with Gasteiger partial charge < -0.3 is 14.9 Å². The zero-order valence-electron chi connectivity index (χ0n) is 15.5. The number of allylic oxidation sites excluding steroid dienone is 1. The second-order valence-electron chi connectivity index (χ2n) is 5.97. The third-order valence-corrected chi connectivity index (χ3v) is 3.83. The number of aliphatic hydroxyl groups excluding tert-OH is 1. The Bertz CT molecular complexity index is 380. The number of amides is 1. The molecule has 0 radical (unpaired) electrons. The highest BCUT2D eigenvalue weighted by Crippen LogP contribution is 2.08. The zero-order chi connectivity index (χ0) is 17.7. The number of unbranched alkanes of at least 4 members (excludes halogenated alkanes) is 2. The molecule has 0 fully saturated rings. The number of carbonyl (C=O) groups excluding carboxylic acids is 1. The average molecular weight is 325 g/mol. The van der Waals surface area contributed by atoms with Gasteiger partial charge in [0, 0.05) is 52.3 Å². The van der Waals surface area contributed by atoms with E-state index in [1.165, 1.54) is 0 Å². The Kier molecular flexibility index (Phi) is 12.3. The molecule has 0 heterocycles. The summed E-state index contributed by atoms with van der Waals surface area (Å²) in [6.45, 7) is 10.0. The maximum absolute atomic E-state index is 12.2. The van der Waals surface area contributed by atoms with Crippen molar-refractivity contribution < 1.29 is 9.90 Å². The summed E-state index contributed by atoms with van der Waals surface area (Å²) < 4.78 is 0. The predicted molar refractivity (Wildman–Crippen MR) is 97.6 cm³/mol. The topological polar surface area (TPSA) is 56.1 Å². The molecular weight excluding hydrogens is 290 g/mol. The quantitative estimate of drug-likeness (QED) is 0.341. The fraction of sp³-hybridized carbons (Fsp3) is 0.778. The first-order chi connectivity index (χ1) is 11.0. The van der Waals surface area contributed by atoms with Crippen molar-refractivity contribution in [3.05, 3.63) is 12.3 Å². The van der Waals surface area contributed by atoms with E-state index in [4.69, 9.17) is 5.11 Å². The van der Waals surface area contributed by atoms with E-state index >= 15 is 0 Å². The predicted octanol–water partition coefficient (Wildman–Crippen LogP) is 3.05. The van der Waals surface area contributed by atoms with Gasteiger partial charge in [-0.2, -0.15) is 0 Å². The third-order valence-electron chi connectivity index (χ3n) is 3.83. The van der Waals surface area contributed by atoms with Crippen LogP contribution in [-0.4, -0.2) is 60.4 Å². The molecule has 0 aliphatic rings. The van der Waals surface area contributed by atoms with Crippen molar-refractivity contribution in [3.8, 4) is 0 Å². The van der Waals surface area contributed by atoms with Crippen molar-refractivity contribution in [2.45, 2.75) is 58.8 Å². The van der Waals surface area contributed by atoms with Crippen molar-refractivity contribution in [1.82, 2.24) is 9.80 Å². The van der Waals surface area contributed by atoms with Gasteiger partial charge in [0.05, 0.1) is 0 Å². The molecule has 0 aromatic heterocycles. The lowest BCUT2D eigenvalue weighted by molar-refractivity contribution is -0.129. The molecule has 0 aliphatic carbocycles. The minimum Gasteiger partial charge on any atom is -0.396 e. The number of aliphatic imine (C=N–C) groups is 1. The molecule has 0 aromatic carbocycles. The van der Waals surface area contributed by atoms with E-state index in [9.17, 15) is 4.79 Å². The van der Waals surface area contributed by atoms with Gasteiger partial charge in [-0.1, -0.05) is 20.4 Å². The Morgan fingerprint density at radius 3 is 2.30 bits per heavy atom. The highest BCUT2D eigenvalue weighted by Gasteiger charge is 2.13. The molecule has 1 N–H and O–H groups in total. The standard InChI is InChI=1S/C18H35N3O2/c1-6-13-20(4)17(19-16(3)7-2)11-12-18(23)21(5)14-9-8-10-15-22/h22H,3,6-15H2,1-2,4-5H3. The maximum Gasteiger partial charge on any atom is 0.222 e. The maximum atomic E-state index is 12.2. The number of carbonyl (C=O) groups is 1. The van der Waals surface area contributed by atoms with Crippen LogP contribution in [0.5, 0.6) is 0 Å². The molecule has 0 spiro atoms. The van der Waals surface area contributed by atoms with Gasteiger partial charge in [-0.05, 0) is 32.1 Å². The number of hydrogen-bond acceptors (Lipinski definition) is 3. The molecule has 134 valence electrons. The van der Waals surface area contributed by atoms with Crippen LogP contribution in [0.25, 0.3) is 0 Å². The first-order valence-electron chi connectivity index (χ1n) is 8.77. The summed E-state index contributed by atoms with van der Waals surface area (Å²) >= 11 is 0. The van der Waals surface area contributed by atoms with E-state index < -0.39 is 0 Å². The van der Waals surface area contributed by atoms with Gasteiger partial charge in [-0.25, -0.2) is 4.99 Å². The first-order valence-corrected chi connectivity index (χ1v) is 8.77. The summed E-state index contributed by atoms with van der Waals surface area (Å²) in [4.78, 5) is 20.7. The van der Waals surface area contributed by atoms with Crippen molar-refractivity contribution in [3.63, 3.8) is 0 Å². The summed E-state index contributed by atoms with van der Waals surface area (Å²) in [6, 6.07) is 0. The van der Waals surface area contributed by atoms with Crippen LogP contribution in [0, 0.1) is 0 Å². The number of aliphatic hydroxyl groups is 1. The van der Waals surface area contributed by atoms with Gasteiger partial charge in [0.1, 0.15) is 5.84 Å². The Balaban J connectivity index is 4.45. The molecule has 0 bridgehead atoms. The van der Waals surface area contributed by atoms with E-state index in [1.54, 1.807) is 4.90 Å². The lowest BCUT2D eigenvalue weighted by Gasteiger charge is -2.22. The van der Waals surface area contributed by atoms with Crippen LogP contribution in [0.15, 0.2) is 17.3 Å².